The number of likely N-dealkylation sites (N-methyl/N-ethyl adjacent to an activating group) is 1. The van der Waals surface area contributed by atoms with E-state index in [2.05, 4.69) is 51.5 Å². The Morgan fingerprint density at radius 2 is 2.02 bits per heavy atom. The SMILES string of the molecule is [C-]#[N+]C[C@H]1CN(c2nc(OC[C@@H]3CCCN3C)nc3c(OC4CC4)c(-c4c(C)ccc5[nH]ncc45)ncc23)CCN1C(=O)C=C. The van der Waals surface area contributed by atoms with Gasteiger partial charge in [0.15, 0.2) is 5.75 Å². The Morgan fingerprint density at radius 3 is 2.78 bits per heavy atom. The third kappa shape index (κ3) is 5.53. The van der Waals surface area contributed by atoms with Gasteiger partial charge in [-0.05, 0) is 63.9 Å². The number of ether oxygens (including phenoxy) is 2. The summed E-state index contributed by atoms with van der Waals surface area (Å²) in [5.41, 5.74) is 4.26. The predicted octanol–water partition coefficient (Wildman–Crippen LogP) is 4.01. The number of benzene rings is 1. The van der Waals surface area contributed by atoms with E-state index in [0.717, 1.165) is 59.6 Å². The summed E-state index contributed by atoms with van der Waals surface area (Å²) in [7, 11) is 2.12. The van der Waals surface area contributed by atoms with Crippen LogP contribution in [0.25, 0.3) is 37.9 Å². The highest BCUT2D eigenvalue weighted by Crippen LogP contribution is 2.43. The van der Waals surface area contributed by atoms with Crippen molar-refractivity contribution in [3.05, 3.63) is 54.2 Å². The van der Waals surface area contributed by atoms with Crippen LogP contribution in [0.4, 0.5) is 5.82 Å². The average molecular weight is 608 g/mol. The van der Waals surface area contributed by atoms with Gasteiger partial charge in [-0.2, -0.15) is 15.1 Å². The van der Waals surface area contributed by atoms with Crippen LogP contribution in [-0.4, -0.2) is 105 Å². The largest absolute Gasteiger partial charge is 0.486 e. The molecule has 7 rings (SSSR count). The van der Waals surface area contributed by atoms with Crippen LogP contribution in [0.5, 0.6) is 11.8 Å². The van der Waals surface area contributed by atoms with Gasteiger partial charge < -0.3 is 29.0 Å². The number of aromatic amines is 1. The van der Waals surface area contributed by atoms with Crippen molar-refractivity contribution in [2.24, 2.45) is 0 Å². The number of amides is 1. The van der Waals surface area contributed by atoms with E-state index in [1.165, 1.54) is 6.08 Å². The van der Waals surface area contributed by atoms with Crippen LogP contribution < -0.4 is 14.4 Å². The molecule has 1 saturated carbocycles. The number of carbonyl (C=O) groups excluding carboxylic acids is 1. The minimum atomic E-state index is -0.306. The van der Waals surface area contributed by atoms with Crippen molar-refractivity contribution >= 4 is 33.5 Å². The lowest BCUT2D eigenvalue weighted by atomic mass is 9.99. The molecule has 232 valence electrons. The number of aryl methyl sites for hydroxylation is 1. The molecular weight excluding hydrogens is 570 g/mol. The Hall–Kier alpha value is -4.76. The second-order valence-corrected chi connectivity index (χ2v) is 12.2. The number of hydrogen-bond donors (Lipinski definition) is 1. The lowest BCUT2D eigenvalue weighted by Gasteiger charge is -2.39. The number of nitrogens with one attached hydrogen (secondary N) is 1. The number of fused-ring (bicyclic) bond motifs is 2. The van der Waals surface area contributed by atoms with Crippen LogP contribution in [0.15, 0.2) is 37.2 Å². The molecule has 12 nitrogen and oxygen atoms in total. The van der Waals surface area contributed by atoms with Crippen molar-refractivity contribution in [3.8, 4) is 23.0 Å². The molecule has 12 heteroatoms. The zero-order valence-corrected chi connectivity index (χ0v) is 25.7. The fourth-order valence-corrected chi connectivity index (χ4v) is 6.50. The molecular formula is C33H37N9O3. The molecule has 1 aromatic carbocycles. The molecule has 2 saturated heterocycles. The maximum absolute atomic E-state index is 12.6. The van der Waals surface area contributed by atoms with E-state index in [-0.39, 0.29) is 30.6 Å². The van der Waals surface area contributed by atoms with Crippen LogP contribution >= 0.6 is 0 Å². The Morgan fingerprint density at radius 1 is 1.16 bits per heavy atom. The third-order valence-corrected chi connectivity index (χ3v) is 9.15. The number of carbonyl (C=O) groups is 1. The van der Waals surface area contributed by atoms with E-state index in [4.69, 9.17) is 31.0 Å². The number of H-pyrrole nitrogens is 1. The van der Waals surface area contributed by atoms with Crippen LogP contribution in [0.1, 0.15) is 31.2 Å². The van der Waals surface area contributed by atoms with E-state index in [9.17, 15) is 4.79 Å². The molecule has 0 unspecified atom stereocenters. The fourth-order valence-electron chi connectivity index (χ4n) is 6.50. The summed E-state index contributed by atoms with van der Waals surface area (Å²) in [6.45, 7) is 16.4. The highest BCUT2D eigenvalue weighted by atomic mass is 16.5. The quantitative estimate of drug-likeness (QED) is 0.223. The highest BCUT2D eigenvalue weighted by Gasteiger charge is 2.35. The summed E-state index contributed by atoms with van der Waals surface area (Å²) in [4.78, 5) is 37.4. The van der Waals surface area contributed by atoms with Gasteiger partial charge in [0.05, 0.1) is 23.2 Å². The van der Waals surface area contributed by atoms with E-state index < -0.39 is 0 Å². The molecule has 4 aromatic rings. The molecule has 0 radical (unpaired) electrons. The van der Waals surface area contributed by atoms with Gasteiger partial charge in [-0.1, -0.05) is 12.6 Å². The Kier molecular flexibility index (Phi) is 7.71. The lowest BCUT2D eigenvalue weighted by Crippen LogP contribution is -2.56. The molecule has 1 aliphatic carbocycles. The van der Waals surface area contributed by atoms with Crippen molar-refractivity contribution in [2.75, 3.05) is 51.3 Å². The number of nitrogens with zero attached hydrogens (tertiary/aromatic N) is 8. The maximum Gasteiger partial charge on any atom is 0.319 e. The van der Waals surface area contributed by atoms with Crippen molar-refractivity contribution in [3.63, 3.8) is 0 Å². The van der Waals surface area contributed by atoms with Gasteiger partial charge in [-0.15, -0.1) is 0 Å². The van der Waals surface area contributed by atoms with Crippen molar-refractivity contribution < 1.29 is 14.3 Å². The summed E-state index contributed by atoms with van der Waals surface area (Å²) in [6, 6.07) is 4.34. The molecule has 3 fully saturated rings. The standard InChI is InChI=1S/C33H37N9O3/c1-5-27(43)42-14-13-41(18-22(42)15-34-3)32-25-16-35-30(28-20(2)8-11-26-24(28)17-36-39-26)31(45-23-9-10-23)29(25)37-33(38-32)44-19-21-7-6-12-40(21)4/h5,8,11,16-17,21-23H,1,6-7,9-10,12-15,18-19H2,2,4H3,(H,36,39)/t21-,22-/m0/s1. The fraction of sp³-hybridized carbons (Fsp3) is 0.455. The zero-order valence-electron chi connectivity index (χ0n) is 25.7. The molecule has 0 spiro atoms. The summed E-state index contributed by atoms with van der Waals surface area (Å²) < 4.78 is 13.0. The molecule has 3 aliphatic rings. The third-order valence-electron chi connectivity index (χ3n) is 9.15. The first kappa shape index (κ1) is 29.0. The molecule has 0 bridgehead atoms. The number of rotatable bonds is 9. The summed E-state index contributed by atoms with van der Waals surface area (Å²) in [6.07, 6.45) is 9.18. The molecule has 5 heterocycles. The van der Waals surface area contributed by atoms with E-state index in [1.54, 1.807) is 4.90 Å². The number of piperazine rings is 1. The summed E-state index contributed by atoms with van der Waals surface area (Å²) >= 11 is 0. The zero-order chi connectivity index (χ0) is 31.1. The summed E-state index contributed by atoms with van der Waals surface area (Å²) in [5, 5.41) is 9.07. The van der Waals surface area contributed by atoms with Gasteiger partial charge >= 0.3 is 6.01 Å². The maximum atomic E-state index is 12.6. The Balaban J connectivity index is 1.37. The summed E-state index contributed by atoms with van der Waals surface area (Å²) in [5.74, 6) is 1.10. The van der Waals surface area contributed by atoms with Crippen molar-refractivity contribution in [1.82, 2.24) is 34.9 Å². The second kappa shape index (κ2) is 12.0. The van der Waals surface area contributed by atoms with Crippen molar-refractivity contribution in [1.29, 1.82) is 0 Å². The smallest absolute Gasteiger partial charge is 0.319 e. The normalized spacial score (nSPS) is 20.5. The predicted molar refractivity (Wildman–Crippen MR) is 171 cm³/mol. The molecule has 3 aromatic heterocycles. The van der Waals surface area contributed by atoms with Gasteiger partial charge in [-0.25, -0.2) is 6.57 Å². The van der Waals surface area contributed by atoms with Crippen LogP contribution in [0.3, 0.4) is 0 Å². The number of anilines is 1. The number of aromatic nitrogens is 5. The Bertz CT molecular complexity index is 1810. The van der Waals surface area contributed by atoms with E-state index in [1.807, 2.05) is 18.5 Å². The van der Waals surface area contributed by atoms with Gasteiger partial charge in [0.1, 0.15) is 29.7 Å². The topological polar surface area (TPSA) is 117 Å². The molecule has 2 aliphatic heterocycles. The molecule has 45 heavy (non-hydrogen) atoms. The van der Waals surface area contributed by atoms with Gasteiger partial charge in [0, 0.05) is 42.8 Å². The first-order valence-corrected chi connectivity index (χ1v) is 15.6. The lowest BCUT2D eigenvalue weighted by molar-refractivity contribution is -0.128. The first-order valence-electron chi connectivity index (χ1n) is 15.6. The van der Waals surface area contributed by atoms with E-state index >= 15 is 0 Å². The second-order valence-electron chi connectivity index (χ2n) is 12.2. The minimum Gasteiger partial charge on any atom is -0.486 e. The van der Waals surface area contributed by atoms with Crippen LogP contribution in [0.2, 0.25) is 0 Å². The van der Waals surface area contributed by atoms with Gasteiger partial charge in [0.2, 0.25) is 12.5 Å². The Labute approximate surface area is 261 Å². The number of pyridine rings is 1. The number of likely N-dealkylation sites (tertiary alicyclic amines) is 1. The molecule has 2 atom stereocenters. The van der Waals surface area contributed by atoms with Gasteiger partial charge in [0.25, 0.3) is 0 Å². The first-order chi connectivity index (χ1) is 21.9. The minimum absolute atomic E-state index is 0.0893. The molecule has 1 N–H and O–H groups in total. The average Bonchev–Trinajstić information content (AvgIpc) is 3.57. The van der Waals surface area contributed by atoms with Crippen LogP contribution in [0, 0.1) is 13.5 Å². The number of hydrogen-bond acceptors (Lipinski definition) is 9. The van der Waals surface area contributed by atoms with E-state index in [0.29, 0.717) is 55.1 Å². The molecule has 1 amide bonds. The highest BCUT2D eigenvalue weighted by molar-refractivity contribution is 6.02. The monoisotopic (exact) mass is 607 g/mol. The van der Waals surface area contributed by atoms with Crippen LogP contribution in [-0.2, 0) is 4.79 Å². The van der Waals surface area contributed by atoms with Crippen molar-refractivity contribution in [2.45, 2.75) is 50.8 Å². The van der Waals surface area contributed by atoms with Gasteiger partial charge in [-0.3, -0.25) is 14.9 Å².